The van der Waals surface area contributed by atoms with Gasteiger partial charge in [0.2, 0.25) is 0 Å². The highest BCUT2D eigenvalue weighted by Gasteiger charge is 2.31. The van der Waals surface area contributed by atoms with Gasteiger partial charge in [-0.15, -0.1) is 0 Å². The van der Waals surface area contributed by atoms with Gasteiger partial charge in [-0.1, -0.05) is 161 Å². The third-order valence-electron chi connectivity index (χ3n) is 12.1. The van der Waals surface area contributed by atoms with Gasteiger partial charge in [-0.2, -0.15) is 0 Å². The molecule has 0 unspecified atom stereocenters. The molecule has 1 aliphatic heterocycles. The molecule has 0 bridgehead atoms. The van der Waals surface area contributed by atoms with Gasteiger partial charge < -0.3 is 19.3 Å². The van der Waals surface area contributed by atoms with Crippen LogP contribution in [-0.4, -0.2) is 16.2 Å². The molecule has 0 N–H and O–H groups in total. The van der Waals surface area contributed by atoms with E-state index >= 15 is 0 Å². The van der Waals surface area contributed by atoms with Gasteiger partial charge in [0.15, 0.2) is 0 Å². The van der Waals surface area contributed by atoms with E-state index in [-0.39, 0.29) is 46.4 Å². The summed E-state index contributed by atoms with van der Waals surface area (Å²) in [6.45, 7) is 8.79. The number of ether oxygens (including phenoxy) is 2. The smallest absolute Gasteiger partial charge is 0.141 e. The Hall–Kier alpha value is -8.09. The summed E-state index contributed by atoms with van der Waals surface area (Å²) in [5.41, 5.74) is 6.79. The first-order valence-electron chi connectivity index (χ1n) is 27.0. The second kappa shape index (κ2) is 17.1. The first-order valence-corrected chi connectivity index (χ1v) is 22.0. The molecule has 322 valence electrons. The van der Waals surface area contributed by atoms with Crippen LogP contribution >= 0.6 is 0 Å². The third kappa shape index (κ3) is 7.40. The minimum absolute atomic E-state index is 0.0954. The summed E-state index contributed by atoms with van der Waals surface area (Å²) < 4.78 is 103. The quantitative estimate of drug-likeness (QED) is 0.130. The molecule has 10 aromatic rings. The predicted molar refractivity (Wildman–Crippen MR) is 273 cm³/mol. The van der Waals surface area contributed by atoms with E-state index < -0.39 is 60.4 Å². The van der Waals surface area contributed by atoms with Crippen molar-refractivity contribution < 1.29 is 23.2 Å². The van der Waals surface area contributed by atoms with Gasteiger partial charge in [-0.25, -0.2) is 4.98 Å². The van der Waals surface area contributed by atoms with Crippen molar-refractivity contribution in [2.75, 3.05) is 16.5 Å². The van der Waals surface area contributed by atoms with Crippen molar-refractivity contribution in [1.82, 2.24) is 9.55 Å². The van der Waals surface area contributed by atoms with Gasteiger partial charge in [-0.05, 0) is 82.6 Å². The van der Waals surface area contributed by atoms with Crippen LogP contribution in [0.2, 0.25) is 0 Å². The lowest BCUT2D eigenvalue weighted by Crippen LogP contribution is -2.24. The van der Waals surface area contributed by atoms with E-state index in [1.165, 1.54) is 0 Å². The Morgan fingerprint density at radius 2 is 1.11 bits per heavy atom. The minimum atomic E-state index is -0.555. The molecule has 0 radical (unpaired) electrons. The van der Waals surface area contributed by atoms with E-state index in [0.29, 0.717) is 28.8 Å². The normalized spacial score (nSPS) is 14.5. The molecule has 2 aromatic heterocycles. The Kier molecular flexibility index (Phi) is 8.02. The molecule has 3 heterocycles. The SMILES string of the molecule is [2H]c1c([2H])c([2H])c(-c2cccc(-c3c([2H])c([2H])c([2H])c([2H])c3[2H])c2N2CN(c3cccc(Oc4ccc5c6ccccc6n(-c6cc(Oc7c(C(C)C)cccc7C(C)C)ccn6)c5c4)c3)c3ccccc32)c([2H])c1[2H]. The number of hydrogen-bond donors (Lipinski definition) is 0. The summed E-state index contributed by atoms with van der Waals surface area (Å²) in [7, 11) is 0. The van der Waals surface area contributed by atoms with Crippen molar-refractivity contribution in [2.45, 2.75) is 39.5 Å². The first-order chi connectivity index (χ1) is 36.5. The number of para-hydroxylation sites is 5. The maximum absolute atomic E-state index is 9.06. The standard InChI is InChI=1S/C60H50N4O2/c1-40(2)48-25-16-26-49(41(3)4)60(48)66-47-34-35-61-58(38-47)64-54-29-12-11-24-52(54)53-33-32-46(37-57(53)64)65-45-23-15-22-44(36-45)62-39-63(56-31-14-13-30-55(56)62)59-50(42-18-7-5-8-19-42)27-17-28-51(59)43-20-9-6-10-21-43/h5-38,40-41H,39H2,1-4H3/i5D,6D,7D,8D,9D,10D,18D,19D,20D,21D. The molecule has 0 saturated carbocycles. The van der Waals surface area contributed by atoms with Crippen LogP contribution in [0, 0.1) is 0 Å². The predicted octanol–water partition coefficient (Wildman–Crippen LogP) is 16.6. The molecule has 6 nitrogen and oxygen atoms in total. The largest absolute Gasteiger partial charge is 0.457 e. The number of fused-ring (bicyclic) bond motifs is 4. The molecular weight excluding hydrogens is 809 g/mol. The van der Waals surface area contributed by atoms with Crippen LogP contribution in [0.4, 0.5) is 22.7 Å². The number of rotatable bonds is 11. The molecule has 11 rings (SSSR count). The van der Waals surface area contributed by atoms with Crippen molar-refractivity contribution >= 4 is 44.6 Å². The Labute approximate surface area is 400 Å². The van der Waals surface area contributed by atoms with Gasteiger partial charge in [0.1, 0.15) is 35.5 Å². The maximum Gasteiger partial charge on any atom is 0.141 e. The van der Waals surface area contributed by atoms with E-state index in [2.05, 4.69) is 68.7 Å². The number of anilines is 4. The lowest BCUT2D eigenvalue weighted by molar-refractivity contribution is 0.462. The van der Waals surface area contributed by atoms with Crippen LogP contribution in [-0.2, 0) is 0 Å². The van der Waals surface area contributed by atoms with Crippen LogP contribution < -0.4 is 19.3 Å². The average Bonchev–Trinajstić information content (AvgIpc) is 3.99. The summed E-state index contributed by atoms with van der Waals surface area (Å²) >= 11 is 0. The molecule has 8 aromatic carbocycles. The zero-order valence-corrected chi connectivity index (χ0v) is 36.8. The number of aromatic nitrogens is 2. The van der Waals surface area contributed by atoms with E-state index in [0.717, 1.165) is 50.1 Å². The Morgan fingerprint density at radius 1 is 0.515 bits per heavy atom. The fraction of sp³-hybridized carbons (Fsp3) is 0.117. The lowest BCUT2D eigenvalue weighted by atomic mass is 9.94. The molecule has 0 spiro atoms. The molecule has 6 heteroatoms. The highest BCUT2D eigenvalue weighted by Crippen LogP contribution is 2.50. The van der Waals surface area contributed by atoms with Crippen molar-refractivity contribution in [3.05, 3.63) is 217 Å². The topological polar surface area (TPSA) is 42.8 Å². The van der Waals surface area contributed by atoms with Crippen LogP contribution in [0.25, 0.3) is 49.9 Å². The fourth-order valence-corrected chi connectivity index (χ4v) is 9.05. The zero-order valence-electron chi connectivity index (χ0n) is 46.8. The molecule has 66 heavy (non-hydrogen) atoms. The third-order valence-corrected chi connectivity index (χ3v) is 12.1. The van der Waals surface area contributed by atoms with Crippen LogP contribution in [0.15, 0.2) is 206 Å². The van der Waals surface area contributed by atoms with E-state index in [9.17, 15) is 0 Å². The highest BCUT2D eigenvalue weighted by atomic mass is 16.5. The van der Waals surface area contributed by atoms with Crippen LogP contribution in [0.3, 0.4) is 0 Å². The summed E-state index contributed by atoms with van der Waals surface area (Å²) in [5.74, 6) is 3.83. The molecule has 0 fully saturated rings. The van der Waals surface area contributed by atoms with Crippen LogP contribution in [0.1, 0.15) is 64.4 Å². The van der Waals surface area contributed by atoms with E-state index in [1.807, 2.05) is 94.7 Å². The number of benzene rings is 8. The molecule has 0 amide bonds. The first kappa shape index (κ1) is 30.9. The molecule has 0 aliphatic carbocycles. The van der Waals surface area contributed by atoms with Crippen molar-refractivity contribution in [2.24, 2.45) is 0 Å². The average molecular weight is 869 g/mol. The van der Waals surface area contributed by atoms with Gasteiger partial charge in [0.25, 0.3) is 0 Å². The van der Waals surface area contributed by atoms with E-state index in [1.54, 1.807) is 24.4 Å². The highest BCUT2D eigenvalue weighted by molar-refractivity contribution is 6.09. The van der Waals surface area contributed by atoms with Crippen molar-refractivity contribution in [1.29, 1.82) is 0 Å². The number of hydrogen-bond acceptors (Lipinski definition) is 5. The van der Waals surface area contributed by atoms with Gasteiger partial charge in [-0.3, -0.25) is 4.57 Å². The zero-order chi connectivity index (χ0) is 53.4. The van der Waals surface area contributed by atoms with Gasteiger partial charge >= 0.3 is 0 Å². The lowest BCUT2D eigenvalue weighted by Gasteiger charge is -2.27. The second-order valence-corrected chi connectivity index (χ2v) is 16.8. The van der Waals surface area contributed by atoms with Crippen molar-refractivity contribution in [3.63, 3.8) is 0 Å². The van der Waals surface area contributed by atoms with Crippen molar-refractivity contribution in [3.8, 4) is 51.1 Å². The number of pyridine rings is 1. The van der Waals surface area contributed by atoms with E-state index in [4.69, 9.17) is 28.2 Å². The minimum Gasteiger partial charge on any atom is -0.457 e. The summed E-state index contributed by atoms with van der Waals surface area (Å²) in [4.78, 5) is 8.82. The van der Waals surface area contributed by atoms with Gasteiger partial charge in [0.05, 0.1) is 41.8 Å². The Morgan fingerprint density at radius 3 is 1.80 bits per heavy atom. The monoisotopic (exact) mass is 868 g/mol. The van der Waals surface area contributed by atoms with Gasteiger partial charge in [0, 0.05) is 52.0 Å². The summed E-state index contributed by atoms with van der Waals surface area (Å²) in [6, 6.07) is 39.5. The molecule has 0 saturated heterocycles. The maximum atomic E-state index is 9.06. The Bertz CT molecular complexity index is 3820. The Balaban J connectivity index is 0.991. The number of nitrogens with zero attached hydrogens (tertiary/aromatic N) is 4. The second-order valence-electron chi connectivity index (χ2n) is 16.8. The molecular formula is C60H50N4O2. The van der Waals surface area contributed by atoms with Crippen LogP contribution in [0.5, 0.6) is 23.0 Å². The molecule has 1 aliphatic rings. The fourth-order valence-electron chi connectivity index (χ4n) is 9.05. The summed E-state index contributed by atoms with van der Waals surface area (Å²) in [5, 5.41) is 2.06. The summed E-state index contributed by atoms with van der Waals surface area (Å²) in [6.07, 6.45) is 1.77. The molecule has 0 atom stereocenters.